The number of halogens is 2. The van der Waals surface area contributed by atoms with Crippen LogP contribution in [0.15, 0.2) is 115 Å². The van der Waals surface area contributed by atoms with Crippen LogP contribution in [0.3, 0.4) is 0 Å². The van der Waals surface area contributed by atoms with Crippen molar-refractivity contribution < 1.29 is 37.4 Å². The predicted octanol–water partition coefficient (Wildman–Crippen LogP) is 8.91. The van der Waals surface area contributed by atoms with Crippen molar-refractivity contribution in [2.45, 2.75) is 20.8 Å². The summed E-state index contributed by atoms with van der Waals surface area (Å²) >= 11 is 0. The zero-order valence-corrected chi connectivity index (χ0v) is 25.5. The van der Waals surface area contributed by atoms with Gasteiger partial charge in [-0.15, -0.1) is 0 Å². The Morgan fingerprint density at radius 2 is 0.978 bits per heavy atom. The van der Waals surface area contributed by atoms with Gasteiger partial charge < -0.3 is 14.2 Å². The van der Waals surface area contributed by atoms with Crippen molar-refractivity contribution in [1.82, 2.24) is 0 Å². The predicted molar refractivity (Wildman–Crippen MR) is 174 cm³/mol. The van der Waals surface area contributed by atoms with Crippen LogP contribution in [0.2, 0.25) is 0 Å². The summed E-state index contributed by atoms with van der Waals surface area (Å²) in [6, 6.07) is 21.2. The first-order valence-corrected chi connectivity index (χ1v) is 14.0. The van der Waals surface area contributed by atoms with E-state index in [0.29, 0.717) is 16.9 Å². The lowest BCUT2D eigenvalue weighted by atomic mass is 10.00. The maximum atomic E-state index is 15.6. The topological polar surface area (TPSA) is 78.9 Å². The highest BCUT2D eigenvalue weighted by molar-refractivity contribution is 5.91. The Bertz CT molecular complexity index is 1880. The first-order valence-electron chi connectivity index (χ1n) is 14.0. The Morgan fingerprint density at radius 3 is 1.43 bits per heavy atom. The molecule has 4 aromatic carbocycles. The SMILES string of the molecule is C=C(C)C(=O)Oc1ccc(-c2ccc(/C=C/c3c(OC(=O)C(=C)C)cc(-c4ccc(OC(=O)C(=C)C)cc4)c(F)c3F)cc2)cc1. The quantitative estimate of drug-likeness (QED) is 0.0763. The molecule has 0 atom stereocenters. The standard InChI is InChI=1S/C38H30F2O6/c1-22(2)36(41)44-29-16-12-27(13-17-29)26-10-7-25(8-11-26)9-20-31-33(46-38(43)24(5)6)21-32(35(40)34(31)39)28-14-18-30(19-15-28)45-37(42)23(3)4/h7-21H,1,3,5H2,2,4,6H3/b20-9+. The van der Waals surface area contributed by atoms with E-state index in [4.69, 9.17) is 14.2 Å². The Kier molecular flexibility index (Phi) is 10.2. The highest BCUT2D eigenvalue weighted by Gasteiger charge is 2.21. The third kappa shape index (κ3) is 7.98. The molecule has 8 heteroatoms. The first kappa shape index (κ1) is 33.0. The van der Waals surface area contributed by atoms with Gasteiger partial charge in [-0.1, -0.05) is 74.3 Å². The van der Waals surface area contributed by atoms with Gasteiger partial charge in [0.1, 0.15) is 17.2 Å². The molecule has 0 saturated heterocycles. The molecule has 4 aromatic rings. The molecule has 46 heavy (non-hydrogen) atoms. The lowest BCUT2D eigenvalue weighted by Gasteiger charge is -2.13. The van der Waals surface area contributed by atoms with Gasteiger partial charge in [-0.05, 0) is 79.4 Å². The number of carbonyl (C=O) groups excluding carboxylic acids is 3. The van der Waals surface area contributed by atoms with Crippen molar-refractivity contribution in [3.8, 4) is 39.5 Å². The van der Waals surface area contributed by atoms with Gasteiger partial charge in [-0.3, -0.25) is 0 Å². The van der Waals surface area contributed by atoms with E-state index in [1.807, 2.05) is 12.1 Å². The molecule has 0 spiro atoms. The molecule has 0 unspecified atom stereocenters. The van der Waals surface area contributed by atoms with E-state index >= 15 is 8.78 Å². The molecule has 232 valence electrons. The summed E-state index contributed by atoms with van der Waals surface area (Å²) in [6.45, 7) is 15.2. The summed E-state index contributed by atoms with van der Waals surface area (Å²) in [4.78, 5) is 35.9. The molecular formula is C38H30F2O6. The van der Waals surface area contributed by atoms with Gasteiger partial charge in [0.25, 0.3) is 0 Å². The second-order valence-electron chi connectivity index (χ2n) is 10.5. The van der Waals surface area contributed by atoms with E-state index < -0.39 is 29.5 Å². The van der Waals surface area contributed by atoms with Gasteiger partial charge in [0.05, 0.1) is 5.56 Å². The summed E-state index contributed by atoms with van der Waals surface area (Å²) < 4.78 is 46.8. The first-order chi connectivity index (χ1) is 21.8. The van der Waals surface area contributed by atoms with Crippen LogP contribution in [0.25, 0.3) is 34.4 Å². The summed E-state index contributed by atoms with van der Waals surface area (Å²) in [5, 5.41) is 0. The molecule has 6 nitrogen and oxygen atoms in total. The molecule has 0 fully saturated rings. The number of carbonyl (C=O) groups is 3. The number of ether oxygens (including phenoxy) is 3. The highest BCUT2D eigenvalue weighted by atomic mass is 19.2. The molecule has 0 amide bonds. The van der Waals surface area contributed by atoms with Gasteiger partial charge in [0.15, 0.2) is 11.6 Å². The van der Waals surface area contributed by atoms with Crippen LogP contribution in [-0.2, 0) is 14.4 Å². The van der Waals surface area contributed by atoms with Crippen molar-refractivity contribution in [3.05, 3.63) is 138 Å². The second kappa shape index (κ2) is 14.3. The molecular weight excluding hydrogens is 590 g/mol. The molecule has 0 heterocycles. The summed E-state index contributed by atoms with van der Waals surface area (Å²) in [7, 11) is 0. The summed E-state index contributed by atoms with van der Waals surface area (Å²) in [5.74, 6) is -3.95. The van der Waals surface area contributed by atoms with E-state index in [2.05, 4.69) is 19.7 Å². The fraction of sp³-hybridized carbons (Fsp3) is 0.0789. The maximum Gasteiger partial charge on any atom is 0.338 e. The van der Waals surface area contributed by atoms with Crippen LogP contribution in [0.1, 0.15) is 31.9 Å². The van der Waals surface area contributed by atoms with Gasteiger partial charge in [0.2, 0.25) is 0 Å². The van der Waals surface area contributed by atoms with E-state index in [9.17, 15) is 14.4 Å². The zero-order chi connectivity index (χ0) is 33.5. The Hall–Kier alpha value is -5.89. The van der Waals surface area contributed by atoms with Crippen LogP contribution in [0.4, 0.5) is 8.78 Å². The van der Waals surface area contributed by atoms with Crippen LogP contribution < -0.4 is 14.2 Å². The van der Waals surface area contributed by atoms with Crippen LogP contribution in [0.5, 0.6) is 17.2 Å². The molecule has 0 saturated carbocycles. The molecule has 0 N–H and O–H groups in total. The molecule has 4 rings (SSSR count). The fourth-order valence-corrected chi connectivity index (χ4v) is 4.03. The van der Waals surface area contributed by atoms with Crippen molar-refractivity contribution in [1.29, 1.82) is 0 Å². The van der Waals surface area contributed by atoms with Gasteiger partial charge in [-0.2, -0.15) is 0 Å². The maximum absolute atomic E-state index is 15.6. The minimum atomic E-state index is -1.22. The third-order valence-electron chi connectivity index (χ3n) is 6.58. The van der Waals surface area contributed by atoms with Gasteiger partial charge in [0, 0.05) is 22.3 Å². The van der Waals surface area contributed by atoms with Gasteiger partial charge >= 0.3 is 17.9 Å². The molecule has 0 aromatic heterocycles. The van der Waals surface area contributed by atoms with Crippen molar-refractivity contribution in [2.75, 3.05) is 0 Å². The number of benzene rings is 4. The van der Waals surface area contributed by atoms with E-state index in [1.165, 1.54) is 50.3 Å². The van der Waals surface area contributed by atoms with Crippen LogP contribution >= 0.6 is 0 Å². The average Bonchev–Trinajstić information content (AvgIpc) is 3.03. The third-order valence-corrected chi connectivity index (χ3v) is 6.58. The highest BCUT2D eigenvalue weighted by Crippen LogP contribution is 2.36. The van der Waals surface area contributed by atoms with Crippen molar-refractivity contribution in [3.63, 3.8) is 0 Å². The number of rotatable bonds is 10. The molecule has 0 aliphatic heterocycles. The lowest BCUT2D eigenvalue weighted by molar-refractivity contribution is -0.130. The lowest BCUT2D eigenvalue weighted by Crippen LogP contribution is -2.10. The average molecular weight is 621 g/mol. The minimum Gasteiger partial charge on any atom is -0.423 e. The Morgan fingerprint density at radius 1 is 0.565 bits per heavy atom. The monoisotopic (exact) mass is 620 g/mol. The Balaban J connectivity index is 1.61. The van der Waals surface area contributed by atoms with Crippen molar-refractivity contribution in [2.24, 2.45) is 0 Å². The van der Waals surface area contributed by atoms with Crippen molar-refractivity contribution >= 4 is 30.1 Å². The number of esters is 3. The second-order valence-corrected chi connectivity index (χ2v) is 10.5. The molecule has 0 aliphatic carbocycles. The fourth-order valence-electron chi connectivity index (χ4n) is 4.03. The molecule has 0 aliphatic rings. The summed E-state index contributed by atoms with van der Waals surface area (Å²) in [5.41, 5.74) is 2.79. The normalized spacial score (nSPS) is 10.7. The molecule has 0 radical (unpaired) electrons. The Labute approximate surface area is 265 Å². The van der Waals surface area contributed by atoms with Crippen LogP contribution in [-0.4, -0.2) is 17.9 Å². The molecule has 0 bridgehead atoms. The number of hydrogen-bond acceptors (Lipinski definition) is 6. The number of hydrogen-bond donors (Lipinski definition) is 0. The van der Waals surface area contributed by atoms with E-state index in [0.717, 1.165) is 11.1 Å². The minimum absolute atomic E-state index is 0.0718. The van der Waals surface area contributed by atoms with Gasteiger partial charge in [-0.25, -0.2) is 23.2 Å². The van der Waals surface area contributed by atoms with E-state index in [-0.39, 0.29) is 39.3 Å². The largest absolute Gasteiger partial charge is 0.423 e. The zero-order valence-electron chi connectivity index (χ0n) is 25.5. The smallest absolute Gasteiger partial charge is 0.338 e. The summed E-state index contributed by atoms with van der Waals surface area (Å²) in [6.07, 6.45) is 2.88. The van der Waals surface area contributed by atoms with Crippen LogP contribution in [0, 0.1) is 11.6 Å². The van der Waals surface area contributed by atoms with E-state index in [1.54, 1.807) is 49.4 Å².